The van der Waals surface area contributed by atoms with E-state index in [0.717, 1.165) is 4.90 Å². The molecule has 0 atom stereocenters. The molecule has 0 radical (unpaired) electrons. The molecule has 1 aromatic rings. The number of ether oxygens (including phenoxy) is 1. The number of anilines is 1. The normalized spacial score (nSPS) is 16.9. The minimum Gasteiger partial charge on any atom is -0.449 e. The number of carbonyl (C=O) groups is 1. The standard InChI is InChI=1S/C12H9F6NO2/c13-11(14,15)7-4-8(12(16,17)18)6-9(5-7)19-2-1-3-21-10(19)20/h4-6H,1-3H2. The van der Waals surface area contributed by atoms with Gasteiger partial charge in [0.15, 0.2) is 0 Å². The van der Waals surface area contributed by atoms with Gasteiger partial charge >= 0.3 is 18.4 Å². The third kappa shape index (κ3) is 3.40. The Morgan fingerprint density at radius 3 is 1.90 bits per heavy atom. The maximum atomic E-state index is 12.7. The molecule has 9 heteroatoms. The van der Waals surface area contributed by atoms with Crippen molar-refractivity contribution >= 4 is 11.8 Å². The van der Waals surface area contributed by atoms with Crippen LogP contribution in [0.5, 0.6) is 0 Å². The van der Waals surface area contributed by atoms with Gasteiger partial charge in [0.1, 0.15) is 0 Å². The molecule has 0 aromatic heterocycles. The molecule has 2 rings (SSSR count). The molecule has 0 saturated carbocycles. The molecule has 0 unspecified atom stereocenters. The molecule has 0 spiro atoms. The Bertz CT molecular complexity index is 519. The smallest absolute Gasteiger partial charge is 0.416 e. The average Bonchev–Trinajstić information content (AvgIpc) is 2.36. The highest BCUT2D eigenvalue weighted by molar-refractivity contribution is 5.88. The van der Waals surface area contributed by atoms with Crippen LogP contribution in [-0.2, 0) is 17.1 Å². The molecule has 116 valence electrons. The molecule has 1 fully saturated rings. The van der Waals surface area contributed by atoms with E-state index in [-0.39, 0.29) is 19.2 Å². The molecule has 0 N–H and O–H groups in total. The molecule has 0 aliphatic carbocycles. The first-order valence-corrected chi connectivity index (χ1v) is 5.83. The SMILES string of the molecule is O=C1OCCCN1c1cc(C(F)(F)F)cc(C(F)(F)F)c1. The first kappa shape index (κ1) is 15.5. The van der Waals surface area contributed by atoms with E-state index in [1.54, 1.807) is 0 Å². The van der Waals surface area contributed by atoms with Crippen LogP contribution in [0.15, 0.2) is 18.2 Å². The maximum absolute atomic E-state index is 12.7. The second-order valence-electron chi connectivity index (χ2n) is 4.38. The Kier molecular flexibility index (Phi) is 3.77. The quantitative estimate of drug-likeness (QED) is 0.731. The van der Waals surface area contributed by atoms with Gasteiger partial charge in [0.2, 0.25) is 0 Å². The zero-order valence-corrected chi connectivity index (χ0v) is 10.4. The van der Waals surface area contributed by atoms with E-state index in [2.05, 4.69) is 4.74 Å². The van der Waals surface area contributed by atoms with Crippen LogP contribution >= 0.6 is 0 Å². The molecule has 21 heavy (non-hydrogen) atoms. The van der Waals surface area contributed by atoms with Gasteiger partial charge < -0.3 is 4.74 Å². The van der Waals surface area contributed by atoms with Gasteiger partial charge in [0, 0.05) is 12.2 Å². The van der Waals surface area contributed by atoms with Gasteiger partial charge in [-0.25, -0.2) is 4.79 Å². The van der Waals surface area contributed by atoms with E-state index < -0.39 is 35.3 Å². The number of cyclic esters (lactones) is 1. The Morgan fingerprint density at radius 1 is 0.952 bits per heavy atom. The van der Waals surface area contributed by atoms with Crippen molar-refractivity contribution in [2.24, 2.45) is 0 Å². The fraction of sp³-hybridized carbons (Fsp3) is 0.417. The minimum atomic E-state index is -4.95. The largest absolute Gasteiger partial charge is 0.449 e. The fourth-order valence-electron chi connectivity index (χ4n) is 1.88. The lowest BCUT2D eigenvalue weighted by Gasteiger charge is -2.27. The summed E-state index contributed by atoms with van der Waals surface area (Å²) >= 11 is 0. The summed E-state index contributed by atoms with van der Waals surface area (Å²) in [4.78, 5) is 12.2. The summed E-state index contributed by atoms with van der Waals surface area (Å²) in [5.41, 5.74) is -3.42. The van der Waals surface area contributed by atoms with Crippen molar-refractivity contribution in [3.8, 4) is 0 Å². The Balaban J connectivity index is 2.52. The van der Waals surface area contributed by atoms with Crippen LogP contribution in [0.1, 0.15) is 17.5 Å². The molecule has 1 aromatic carbocycles. The summed E-state index contributed by atoms with van der Waals surface area (Å²) in [5, 5.41) is 0. The summed E-state index contributed by atoms with van der Waals surface area (Å²) in [6.07, 6.45) is -10.5. The fourth-order valence-corrected chi connectivity index (χ4v) is 1.88. The van der Waals surface area contributed by atoms with Crippen molar-refractivity contribution in [1.82, 2.24) is 0 Å². The van der Waals surface area contributed by atoms with Gasteiger partial charge in [0.05, 0.1) is 17.7 Å². The Labute approximate surface area is 115 Å². The summed E-state index contributed by atoms with van der Waals surface area (Å²) in [6.45, 7) is 0.0812. The number of hydrogen-bond donors (Lipinski definition) is 0. The highest BCUT2D eigenvalue weighted by Gasteiger charge is 2.38. The van der Waals surface area contributed by atoms with Gasteiger partial charge in [-0.05, 0) is 24.6 Å². The summed E-state index contributed by atoms with van der Waals surface area (Å²) in [5.74, 6) is 0. The van der Waals surface area contributed by atoms with Crippen LogP contribution < -0.4 is 4.90 Å². The van der Waals surface area contributed by atoms with Crippen LogP contribution in [0.2, 0.25) is 0 Å². The summed E-state index contributed by atoms with van der Waals surface area (Å²) in [6, 6.07) is 1.02. The number of benzene rings is 1. The molecule has 0 bridgehead atoms. The molecular weight excluding hydrogens is 304 g/mol. The highest BCUT2D eigenvalue weighted by Crippen LogP contribution is 2.38. The number of rotatable bonds is 1. The van der Waals surface area contributed by atoms with E-state index in [1.807, 2.05) is 0 Å². The second kappa shape index (κ2) is 5.12. The number of alkyl halides is 6. The lowest BCUT2D eigenvalue weighted by atomic mass is 10.1. The third-order valence-corrected chi connectivity index (χ3v) is 2.86. The number of amides is 1. The van der Waals surface area contributed by atoms with E-state index in [1.165, 1.54) is 0 Å². The van der Waals surface area contributed by atoms with E-state index in [4.69, 9.17) is 0 Å². The van der Waals surface area contributed by atoms with E-state index in [0.29, 0.717) is 18.6 Å². The predicted molar refractivity (Wildman–Crippen MR) is 59.8 cm³/mol. The topological polar surface area (TPSA) is 29.5 Å². The van der Waals surface area contributed by atoms with Crippen molar-refractivity contribution < 1.29 is 35.9 Å². The van der Waals surface area contributed by atoms with Crippen molar-refractivity contribution in [1.29, 1.82) is 0 Å². The average molecular weight is 313 g/mol. The number of halogens is 6. The molecule has 1 amide bonds. The number of hydrogen-bond acceptors (Lipinski definition) is 2. The maximum Gasteiger partial charge on any atom is 0.416 e. The van der Waals surface area contributed by atoms with Crippen LogP contribution in [0.4, 0.5) is 36.8 Å². The first-order valence-electron chi connectivity index (χ1n) is 5.83. The lowest BCUT2D eigenvalue weighted by molar-refractivity contribution is -0.143. The van der Waals surface area contributed by atoms with Gasteiger partial charge in [-0.15, -0.1) is 0 Å². The van der Waals surface area contributed by atoms with Crippen molar-refractivity contribution in [3.63, 3.8) is 0 Å². The van der Waals surface area contributed by atoms with Crippen molar-refractivity contribution in [2.45, 2.75) is 18.8 Å². The second-order valence-corrected chi connectivity index (χ2v) is 4.38. The first-order chi connectivity index (χ1) is 9.59. The zero-order chi connectivity index (χ0) is 15.8. The number of carbonyl (C=O) groups excluding carboxylic acids is 1. The van der Waals surface area contributed by atoms with E-state index in [9.17, 15) is 31.1 Å². The predicted octanol–water partition coefficient (Wildman–Crippen LogP) is 4.07. The monoisotopic (exact) mass is 313 g/mol. The zero-order valence-electron chi connectivity index (χ0n) is 10.4. The number of nitrogens with zero attached hydrogens (tertiary/aromatic N) is 1. The molecular formula is C12H9F6NO2. The van der Waals surface area contributed by atoms with Crippen molar-refractivity contribution in [3.05, 3.63) is 29.3 Å². The van der Waals surface area contributed by atoms with Crippen molar-refractivity contribution in [2.75, 3.05) is 18.1 Å². The molecule has 1 aliphatic heterocycles. The third-order valence-electron chi connectivity index (χ3n) is 2.86. The van der Waals surface area contributed by atoms with Gasteiger partial charge in [-0.3, -0.25) is 4.90 Å². The lowest BCUT2D eigenvalue weighted by Crippen LogP contribution is -2.38. The van der Waals surface area contributed by atoms with Gasteiger partial charge in [-0.2, -0.15) is 26.3 Å². The van der Waals surface area contributed by atoms with Crippen LogP contribution in [0.25, 0.3) is 0 Å². The molecule has 3 nitrogen and oxygen atoms in total. The summed E-state index contributed by atoms with van der Waals surface area (Å²) in [7, 11) is 0. The minimum absolute atomic E-state index is 0.00254. The summed E-state index contributed by atoms with van der Waals surface area (Å²) < 4.78 is 80.8. The highest BCUT2D eigenvalue weighted by atomic mass is 19.4. The van der Waals surface area contributed by atoms with Crippen LogP contribution in [-0.4, -0.2) is 19.2 Å². The molecule has 1 aliphatic rings. The Hall–Kier alpha value is -1.93. The molecule has 1 saturated heterocycles. The van der Waals surface area contributed by atoms with Gasteiger partial charge in [-0.1, -0.05) is 0 Å². The van der Waals surface area contributed by atoms with Gasteiger partial charge in [0.25, 0.3) is 0 Å². The van der Waals surface area contributed by atoms with Crippen LogP contribution in [0.3, 0.4) is 0 Å². The molecule has 1 heterocycles. The van der Waals surface area contributed by atoms with E-state index >= 15 is 0 Å². The van der Waals surface area contributed by atoms with Crippen LogP contribution in [0, 0.1) is 0 Å². The Morgan fingerprint density at radius 2 is 1.48 bits per heavy atom.